The molecule has 8 nitrogen and oxygen atoms in total. The van der Waals surface area contributed by atoms with Gasteiger partial charge in [0, 0.05) is 22.8 Å². The van der Waals surface area contributed by atoms with Gasteiger partial charge >= 0.3 is 18.5 Å². The number of carboxylic acid groups (broad SMARTS) is 1. The average molecular weight is 610 g/mol. The highest BCUT2D eigenvalue weighted by atomic mass is 32.2. The van der Waals surface area contributed by atoms with Gasteiger partial charge in [-0.1, -0.05) is 30.3 Å². The van der Waals surface area contributed by atoms with Gasteiger partial charge in [0.15, 0.2) is 5.82 Å². The number of nitrogens with one attached hydrogen (secondary N) is 2. The van der Waals surface area contributed by atoms with Crippen molar-refractivity contribution < 1.29 is 41.0 Å². The second-order valence-corrected chi connectivity index (χ2v) is 9.64. The molecule has 42 heavy (non-hydrogen) atoms. The van der Waals surface area contributed by atoms with Gasteiger partial charge in [0.1, 0.15) is 11.8 Å². The number of hydrogen-bond acceptors (Lipinski definition) is 8. The number of hydrogen-bond donors (Lipinski definition) is 3. The van der Waals surface area contributed by atoms with Crippen LogP contribution in [0.5, 0.6) is 5.75 Å². The third kappa shape index (κ3) is 8.99. The average Bonchev–Trinajstić information content (AvgIpc) is 2.92. The molecule has 3 aromatic carbocycles. The van der Waals surface area contributed by atoms with Crippen LogP contribution in [0.1, 0.15) is 11.1 Å². The lowest BCUT2D eigenvalue weighted by molar-refractivity contribution is -0.274. The fourth-order valence-corrected chi connectivity index (χ4v) is 4.51. The monoisotopic (exact) mass is 609 g/mol. The summed E-state index contributed by atoms with van der Waals surface area (Å²) in [5.41, 5.74) is 0.546. The van der Waals surface area contributed by atoms with Gasteiger partial charge < -0.3 is 20.5 Å². The smallest absolute Gasteiger partial charge is 0.480 e. The van der Waals surface area contributed by atoms with Gasteiger partial charge in [0.2, 0.25) is 11.9 Å². The molecule has 0 saturated carbocycles. The minimum absolute atomic E-state index is 0.0541. The highest BCUT2D eigenvalue weighted by Gasteiger charge is 2.31. The van der Waals surface area contributed by atoms with Crippen LogP contribution in [-0.2, 0) is 16.7 Å². The van der Waals surface area contributed by atoms with E-state index in [1.807, 2.05) is 30.3 Å². The number of rotatable bonds is 11. The summed E-state index contributed by atoms with van der Waals surface area (Å²) < 4.78 is 80.4. The lowest BCUT2D eigenvalue weighted by Crippen LogP contribution is -2.32. The van der Waals surface area contributed by atoms with Crippen molar-refractivity contribution in [1.82, 2.24) is 15.0 Å². The van der Waals surface area contributed by atoms with E-state index in [-0.39, 0.29) is 34.7 Å². The number of anilines is 3. The molecule has 0 radical (unpaired) electrons. The van der Waals surface area contributed by atoms with E-state index in [2.05, 4.69) is 30.3 Å². The van der Waals surface area contributed by atoms with Crippen LogP contribution >= 0.6 is 11.8 Å². The van der Waals surface area contributed by atoms with Crippen molar-refractivity contribution in [3.63, 3.8) is 0 Å². The van der Waals surface area contributed by atoms with Crippen LogP contribution in [0.3, 0.4) is 0 Å². The first-order valence-electron chi connectivity index (χ1n) is 12.0. The Labute approximate surface area is 239 Å². The number of halogens is 6. The van der Waals surface area contributed by atoms with Gasteiger partial charge in [-0.05, 0) is 54.1 Å². The van der Waals surface area contributed by atoms with Gasteiger partial charge in [0.05, 0.1) is 5.56 Å². The largest absolute Gasteiger partial charge is 0.573 e. The number of benzene rings is 3. The first kappa shape index (κ1) is 30.4. The minimum Gasteiger partial charge on any atom is -0.480 e. The number of alkyl halides is 6. The first-order valence-corrected chi connectivity index (χ1v) is 13.2. The Morgan fingerprint density at radius 3 is 2.10 bits per heavy atom. The molecule has 0 spiro atoms. The van der Waals surface area contributed by atoms with E-state index in [0.29, 0.717) is 5.75 Å². The molecule has 0 fully saturated rings. The van der Waals surface area contributed by atoms with Crippen LogP contribution < -0.4 is 15.4 Å². The molecule has 1 heterocycles. The number of ether oxygens (including phenoxy) is 1. The maximum Gasteiger partial charge on any atom is 0.573 e. The number of aliphatic carboxylic acids is 1. The van der Waals surface area contributed by atoms with Crippen LogP contribution in [0.25, 0.3) is 11.4 Å². The second kappa shape index (κ2) is 13.0. The van der Waals surface area contributed by atoms with Gasteiger partial charge in [-0.3, -0.25) is 0 Å². The maximum atomic E-state index is 12.9. The Morgan fingerprint density at radius 2 is 1.50 bits per heavy atom. The lowest BCUT2D eigenvalue weighted by atomic mass is 10.2. The molecule has 0 amide bonds. The molecule has 220 valence electrons. The lowest BCUT2D eigenvalue weighted by Gasteiger charge is -2.16. The molecule has 4 aromatic rings. The molecule has 0 saturated heterocycles. The molecule has 15 heteroatoms. The van der Waals surface area contributed by atoms with E-state index in [1.54, 1.807) is 0 Å². The van der Waals surface area contributed by atoms with Crippen molar-refractivity contribution in [3.05, 3.63) is 90.0 Å². The summed E-state index contributed by atoms with van der Waals surface area (Å²) in [5, 5.41) is 15.3. The topological polar surface area (TPSA) is 109 Å². The Hall–Kier alpha value is -4.53. The molecule has 1 unspecified atom stereocenters. The van der Waals surface area contributed by atoms with E-state index < -0.39 is 35.9 Å². The highest BCUT2D eigenvalue weighted by molar-refractivity contribution is 7.98. The second-order valence-electron chi connectivity index (χ2n) is 8.61. The van der Waals surface area contributed by atoms with Crippen LogP contribution in [0.2, 0.25) is 0 Å². The van der Waals surface area contributed by atoms with Crippen LogP contribution in [0.15, 0.2) is 78.9 Å². The quantitative estimate of drug-likeness (QED) is 0.155. The Balaban J connectivity index is 1.59. The van der Waals surface area contributed by atoms with Crippen LogP contribution in [-0.4, -0.2) is 44.2 Å². The summed E-state index contributed by atoms with van der Waals surface area (Å²) in [5.74, 6) is -1.40. The minimum atomic E-state index is -4.89. The van der Waals surface area contributed by atoms with E-state index in [4.69, 9.17) is 0 Å². The SMILES string of the molecule is O=C(O)C(CSCc1ccccc1)Nc1nc(Nc2ccc(C(F)(F)F)cc2)nc(-c2ccc(OC(F)(F)F)cc2)n1. The number of thioether (sulfide) groups is 1. The molecule has 4 rings (SSSR count). The molecule has 0 bridgehead atoms. The standard InChI is InChI=1S/C27H21F6N5O3S/c28-26(29,30)18-8-10-19(11-9-18)34-24-36-22(17-6-12-20(13-7-17)41-27(31,32)33)37-25(38-24)35-21(23(39)40)15-42-14-16-4-2-1-3-5-16/h1-13,21H,14-15H2,(H,39,40)(H2,34,35,36,37,38). The summed E-state index contributed by atoms with van der Waals surface area (Å²) in [4.78, 5) is 24.6. The predicted octanol–water partition coefficient (Wildman–Crippen LogP) is 7.00. The third-order valence-electron chi connectivity index (χ3n) is 5.45. The molecular formula is C27H21F6N5O3S. The number of carboxylic acids is 1. The molecule has 1 atom stereocenters. The van der Waals surface area contributed by atoms with Crippen molar-refractivity contribution in [3.8, 4) is 17.1 Å². The Kier molecular flexibility index (Phi) is 9.40. The van der Waals surface area contributed by atoms with Crippen molar-refractivity contribution in [2.75, 3.05) is 16.4 Å². The molecule has 0 aliphatic carbocycles. The zero-order valence-electron chi connectivity index (χ0n) is 21.3. The fraction of sp³-hybridized carbons (Fsp3) is 0.185. The molecule has 0 aliphatic heterocycles. The molecule has 0 aliphatic rings. The maximum absolute atomic E-state index is 12.9. The van der Waals surface area contributed by atoms with Gasteiger partial charge in [-0.15, -0.1) is 13.2 Å². The van der Waals surface area contributed by atoms with Crippen molar-refractivity contribution >= 4 is 35.3 Å². The van der Waals surface area contributed by atoms with Gasteiger partial charge in [0.25, 0.3) is 0 Å². The summed E-state index contributed by atoms with van der Waals surface area (Å²) in [6.45, 7) is 0. The number of aromatic nitrogens is 3. The van der Waals surface area contributed by atoms with Crippen molar-refractivity contribution in [2.24, 2.45) is 0 Å². The molecule has 1 aromatic heterocycles. The Morgan fingerprint density at radius 1 is 0.857 bits per heavy atom. The van der Waals surface area contributed by atoms with Crippen molar-refractivity contribution in [1.29, 1.82) is 0 Å². The summed E-state index contributed by atoms with van der Waals surface area (Å²) in [6, 6.07) is 16.9. The van der Waals surface area contributed by atoms with Crippen LogP contribution in [0, 0.1) is 0 Å². The normalized spacial score (nSPS) is 12.4. The summed E-state index contributed by atoms with van der Waals surface area (Å²) >= 11 is 1.35. The molecular weight excluding hydrogens is 588 g/mol. The highest BCUT2D eigenvalue weighted by Crippen LogP contribution is 2.31. The fourth-order valence-electron chi connectivity index (χ4n) is 3.50. The predicted molar refractivity (Wildman–Crippen MR) is 144 cm³/mol. The summed E-state index contributed by atoms with van der Waals surface area (Å²) in [6.07, 6.45) is -9.43. The van der Waals surface area contributed by atoms with Crippen molar-refractivity contribution in [2.45, 2.75) is 24.3 Å². The number of carbonyl (C=O) groups is 1. The van der Waals surface area contributed by atoms with E-state index in [1.165, 1.54) is 23.9 Å². The van der Waals surface area contributed by atoms with Crippen LogP contribution in [0.4, 0.5) is 43.9 Å². The van der Waals surface area contributed by atoms with E-state index in [0.717, 1.165) is 42.0 Å². The molecule has 3 N–H and O–H groups in total. The van der Waals surface area contributed by atoms with Gasteiger partial charge in [-0.25, -0.2) is 4.79 Å². The first-order chi connectivity index (χ1) is 19.9. The van der Waals surface area contributed by atoms with E-state index in [9.17, 15) is 36.2 Å². The Bertz CT molecular complexity index is 1490. The zero-order chi connectivity index (χ0) is 30.3. The zero-order valence-corrected chi connectivity index (χ0v) is 22.1. The van der Waals surface area contributed by atoms with Gasteiger partial charge in [-0.2, -0.15) is 39.9 Å². The van der Waals surface area contributed by atoms with E-state index >= 15 is 0 Å². The summed E-state index contributed by atoms with van der Waals surface area (Å²) in [7, 11) is 0. The number of nitrogens with zero attached hydrogens (tertiary/aromatic N) is 3. The third-order valence-corrected chi connectivity index (χ3v) is 6.55.